The number of likely N-dealkylation sites (tertiary alicyclic amines) is 1. The van der Waals surface area contributed by atoms with E-state index < -0.39 is 12.0 Å². The van der Waals surface area contributed by atoms with Crippen LogP contribution in [-0.2, 0) is 27.1 Å². The van der Waals surface area contributed by atoms with Crippen LogP contribution >= 0.6 is 0 Å². The van der Waals surface area contributed by atoms with Crippen LogP contribution in [0.25, 0.3) is 10.9 Å². The molecule has 0 aliphatic carbocycles. The number of nitrogens with one attached hydrogen (secondary N) is 1. The van der Waals surface area contributed by atoms with Gasteiger partial charge in [-0.25, -0.2) is 4.98 Å². The van der Waals surface area contributed by atoms with Gasteiger partial charge >= 0.3 is 5.97 Å². The van der Waals surface area contributed by atoms with E-state index in [9.17, 15) is 9.90 Å². The van der Waals surface area contributed by atoms with Crippen LogP contribution in [-0.4, -0.2) is 76.3 Å². The number of carbonyl (C=O) groups is 1. The molecule has 2 aromatic heterocycles. The highest BCUT2D eigenvalue weighted by atomic mass is 16.5. The Morgan fingerprint density at radius 2 is 2.02 bits per heavy atom. The number of aryl methyl sites for hydroxylation is 3. The number of carboxylic acids is 1. The maximum Gasteiger partial charge on any atom is 0.325 e. The number of hydrogen-bond donors (Lipinski definition) is 2. The van der Waals surface area contributed by atoms with Gasteiger partial charge in [-0.05, 0) is 63.5 Å². The number of aliphatic carboxylic acids is 1. The van der Waals surface area contributed by atoms with Gasteiger partial charge in [0.25, 0.3) is 0 Å². The van der Waals surface area contributed by atoms with Crippen molar-refractivity contribution in [2.45, 2.75) is 76.5 Å². The highest BCUT2D eigenvalue weighted by Gasteiger charge is 2.39. The Morgan fingerprint density at radius 3 is 2.85 bits per heavy atom. The fourth-order valence-electron chi connectivity index (χ4n) is 6.40. The summed E-state index contributed by atoms with van der Waals surface area (Å²) in [5.74, 6) is 0.245. The zero-order valence-corrected chi connectivity index (χ0v) is 23.5. The Bertz CT molecular complexity index is 1330. The number of aromatic nitrogens is 3. The maximum absolute atomic E-state index is 12.6. The molecular formula is C31H41N5O4. The summed E-state index contributed by atoms with van der Waals surface area (Å²) in [4.78, 5) is 19.4. The highest BCUT2D eigenvalue weighted by Crippen LogP contribution is 2.36. The predicted octanol–water partition coefficient (Wildman–Crippen LogP) is 4.69. The van der Waals surface area contributed by atoms with Gasteiger partial charge in [0.15, 0.2) is 0 Å². The molecule has 1 atom stereocenters. The molecule has 0 amide bonds. The largest absolute Gasteiger partial charge is 0.480 e. The van der Waals surface area contributed by atoms with Crippen molar-refractivity contribution in [3.8, 4) is 0 Å². The first-order chi connectivity index (χ1) is 19.6. The average Bonchev–Trinajstić information content (AvgIpc) is 3.30. The summed E-state index contributed by atoms with van der Waals surface area (Å²) < 4.78 is 13.8. The summed E-state index contributed by atoms with van der Waals surface area (Å²) >= 11 is 0. The Balaban J connectivity index is 1.01. The van der Waals surface area contributed by atoms with Gasteiger partial charge in [0.1, 0.15) is 11.9 Å². The summed E-state index contributed by atoms with van der Waals surface area (Å²) in [6.45, 7) is 6.41. The molecule has 0 saturated carbocycles. The molecule has 2 N–H and O–H groups in total. The number of para-hydroxylation sites is 1. The third-order valence-corrected chi connectivity index (χ3v) is 8.63. The summed E-state index contributed by atoms with van der Waals surface area (Å²) in [5.41, 5.74) is 5.21. The predicted molar refractivity (Wildman–Crippen MR) is 154 cm³/mol. The van der Waals surface area contributed by atoms with Crippen LogP contribution < -0.4 is 5.32 Å². The number of carboxylic acid groups (broad SMARTS) is 1. The molecule has 0 radical (unpaired) electrons. The second kappa shape index (κ2) is 12.2. The number of benzene rings is 1. The number of fused-ring (bicyclic) bond motifs is 2. The van der Waals surface area contributed by atoms with Crippen LogP contribution in [0.3, 0.4) is 0 Å². The van der Waals surface area contributed by atoms with Gasteiger partial charge in [0.05, 0.1) is 23.4 Å². The standard InChI is InChI=1S/C31H41N5O4/c1-21-26-9-5-10-27(28(26)36(34-21)24-13-17-39-18-14-24)29(31(37)38)35-19-25(20-35)40-16-4-2-3-8-23-12-11-22-7-6-15-32-30(22)33-23/h5,9-12,24-25,29H,2-4,6-8,13-20H2,1H3,(H,32,33)(H,37,38). The van der Waals surface area contributed by atoms with Crippen LogP contribution in [0, 0.1) is 6.92 Å². The fourth-order valence-corrected chi connectivity index (χ4v) is 6.40. The molecule has 3 aliphatic heterocycles. The van der Waals surface area contributed by atoms with Crippen molar-refractivity contribution in [1.29, 1.82) is 0 Å². The minimum atomic E-state index is -0.825. The minimum Gasteiger partial charge on any atom is -0.480 e. The van der Waals surface area contributed by atoms with E-state index in [0.717, 1.165) is 85.2 Å². The van der Waals surface area contributed by atoms with Crippen LogP contribution in [0.1, 0.15) is 73.1 Å². The molecular weight excluding hydrogens is 506 g/mol. The van der Waals surface area contributed by atoms with E-state index in [4.69, 9.17) is 19.6 Å². The molecule has 2 saturated heterocycles. The Morgan fingerprint density at radius 1 is 1.18 bits per heavy atom. The first-order valence-electron chi connectivity index (χ1n) is 14.9. The van der Waals surface area contributed by atoms with Crippen molar-refractivity contribution >= 4 is 22.7 Å². The molecule has 9 nitrogen and oxygen atoms in total. The summed E-state index contributed by atoms with van der Waals surface area (Å²) in [5, 5.41) is 19.6. The summed E-state index contributed by atoms with van der Waals surface area (Å²) in [6, 6.07) is 9.88. The lowest BCUT2D eigenvalue weighted by atomic mass is 9.97. The van der Waals surface area contributed by atoms with Crippen molar-refractivity contribution in [2.75, 3.05) is 44.8 Å². The zero-order chi connectivity index (χ0) is 27.5. The van der Waals surface area contributed by atoms with Gasteiger partial charge in [-0.2, -0.15) is 5.10 Å². The molecule has 3 aromatic rings. The third-order valence-electron chi connectivity index (χ3n) is 8.63. The number of pyridine rings is 1. The van der Waals surface area contributed by atoms with E-state index >= 15 is 0 Å². The van der Waals surface area contributed by atoms with E-state index in [0.29, 0.717) is 32.9 Å². The SMILES string of the molecule is Cc1nn(C2CCOCC2)c2c(C(C(=O)O)N3CC(OCCCCCc4ccc5c(n4)NCCC5)C3)cccc12. The molecule has 5 heterocycles. The monoisotopic (exact) mass is 547 g/mol. The van der Waals surface area contributed by atoms with E-state index in [-0.39, 0.29) is 12.1 Å². The number of hydrogen-bond acceptors (Lipinski definition) is 7. The first kappa shape index (κ1) is 27.2. The second-order valence-corrected chi connectivity index (χ2v) is 11.5. The lowest BCUT2D eigenvalue weighted by molar-refractivity contribution is -0.150. The van der Waals surface area contributed by atoms with Gasteiger partial charge in [-0.15, -0.1) is 0 Å². The zero-order valence-electron chi connectivity index (χ0n) is 23.5. The second-order valence-electron chi connectivity index (χ2n) is 11.5. The topological polar surface area (TPSA) is 102 Å². The van der Waals surface area contributed by atoms with Gasteiger partial charge < -0.3 is 19.9 Å². The smallest absolute Gasteiger partial charge is 0.325 e. The lowest BCUT2D eigenvalue weighted by Crippen LogP contribution is -2.55. The van der Waals surface area contributed by atoms with Crippen LogP contribution in [0.5, 0.6) is 0 Å². The maximum atomic E-state index is 12.6. The Labute approximate surface area is 235 Å². The number of unbranched alkanes of at least 4 members (excludes halogenated alkanes) is 2. The lowest BCUT2D eigenvalue weighted by Gasteiger charge is -2.42. The van der Waals surface area contributed by atoms with Gasteiger partial charge in [-0.1, -0.05) is 30.7 Å². The average molecular weight is 548 g/mol. The van der Waals surface area contributed by atoms with E-state index in [1.807, 2.05) is 24.0 Å². The van der Waals surface area contributed by atoms with Crippen molar-refractivity contribution in [1.82, 2.24) is 19.7 Å². The summed E-state index contributed by atoms with van der Waals surface area (Å²) in [6.07, 6.45) is 8.35. The van der Waals surface area contributed by atoms with Gasteiger partial charge in [0, 0.05) is 56.1 Å². The van der Waals surface area contributed by atoms with Gasteiger partial charge in [-0.3, -0.25) is 14.4 Å². The Hall–Kier alpha value is -3.01. The molecule has 0 bridgehead atoms. The third kappa shape index (κ3) is 5.73. The molecule has 1 aromatic carbocycles. The molecule has 6 rings (SSSR count). The van der Waals surface area contributed by atoms with Crippen molar-refractivity contribution < 1.29 is 19.4 Å². The van der Waals surface area contributed by atoms with E-state index in [1.165, 1.54) is 12.0 Å². The quantitative estimate of drug-likeness (QED) is 0.334. The molecule has 40 heavy (non-hydrogen) atoms. The van der Waals surface area contributed by atoms with Crippen LogP contribution in [0.2, 0.25) is 0 Å². The fraction of sp³-hybridized carbons (Fsp3) is 0.581. The van der Waals surface area contributed by atoms with Crippen molar-refractivity contribution in [3.63, 3.8) is 0 Å². The Kier molecular flexibility index (Phi) is 8.32. The molecule has 9 heteroatoms. The van der Waals surface area contributed by atoms with E-state index in [1.54, 1.807) is 0 Å². The molecule has 1 unspecified atom stereocenters. The molecule has 3 aliphatic rings. The van der Waals surface area contributed by atoms with E-state index in [2.05, 4.69) is 28.2 Å². The first-order valence-corrected chi connectivity index (χ1v) is 14.9. The molecule has 2 fully saturated rings. The highest BCUT2D eigenvalue weighted by molar-refractivity contribution is 5.90. The number of nitrogens with zero attached hydrogens (tertiary/aromatic N) is 4. The normalized spacial score (nSPS) is 19.2. The molecule has 214 valence electrons. The summed E-state index contributed by atoms with van der Waals surface area (Å²) in [7, 11) is 0. The van der Waals surface area contributed by atoms with Crippen molar-refractivity contribution in [3.05, 3.63) is 52.8 Å². The van der Waals surface area contributed by atoms with Gasteiger partial charge in [0.2, 0.25) is 0 Å². The molecule has 0 spiro atoms. The minimum absolute atomic E-state index is 0.0802. The number of anilines is 1. The van der Waals surface area contributed by atoms with Crippen LogP contribution in [0.15, 0.2) is 30.3 Å². The van der Waals surface area contributed by atoms with Crippen LogP contribution in [0.4, 0.5) is 5.82 Å². The number of rotatable bonds is 11. The van der Waals surface area contributed by atoms with Crippen molar-refractivity contribution in [2.24, 2.45) is 0 Å². The number of ether oxygens (including phenoxy) is 2.